The Labute approximate surface area is 158 Å². The van der Waals surface area contributed by atoms with Crippen LogP contribution in [0.5, 0.6) is 5.75 Å². The number of hydrogen-bond acceptors (Lipinski definition) is 6. The number of piperazine rings is 1. The number of aromatic nitrogens is 1. The number of halogens is 1. The zero-order valence-corrected chi connectivity index (χ0v) is 16.4. The number of amides is 1. The number of sulfonamides is 1. The molecule has 0 saturated carbocycles. The van der Waals surface area contributed by atoms with Crippen molar-refractivity contribution in [2.45, 2.75) is 4.21 Å². The summed E-state index contributed by atoms with van der Waals surface area (Å²) < 4.78 is 33.0. The first-order valence-electron chi connectivity index (χ1n) is 7.53. The largest absolute Gasteiger partial charge is 0.482 e. The van der Waals surface area contributed by atoms with Crippen LogP contribution in [0.25, 0.3) is 0 Å². The lowest BCUT2D eigenvalue weighted by atomic mass is 10.3. The van der Waals surface area contributed by atoms with Crippen LogP contribution in [0.2, 0.25) is 0 Å². The van der Waals surface area contributed by atoms with E-state index in [1.807, 2.05) is 0 Å². The van der Waals surface area contributed by atoms with Crippen LogP contribution in [0.15, 0.2) is 44.7 Å². The van der Waals surface area contributed by atoms with Crippen LogP contribution in [0.1, 0.15) is 0 Å². The van der Waals surface area contributed by atoms with Gasteiger partial charge in [-0.2, -0.15) is 4.31 Å². The Morgan fingerprint density at radius 3 is 2.60 bits per heavy atom. The molecule has 0 aliphatic carbocycles. The predicted octanol–water partition coefficient (Wildman–Crippen LogP) is 1.82. The Morgan fingerprint density at radius 1 is 1.24 bits per heavy atom. The van der Waals surface area contributed by atoms with Gasteiger partial charge in [0.2, 0.25) is 0 Å². The third-order valence-corrected chi connectivity index (χ3v) is 7.72. The highest BCUT2D eigenvalue weighted by Gasteiger charge is 2.31. The van der Waals surface area contributed by atoms with Crippen molar-refractivity contribution >= 4 is 43.2 Å². The molecule has 1 aliphatic rings. The molecule has 2 aromatic heterocycles. The smallest absolute Gasteiger partial charge is 0.260 e. The average molecular weight is 446 g/mol. The maximum atomic E-state index is 12.6. The molecule has 0 aromatic carbocycles. The molecule has 7 nitrogen and oxygen atoms in total. The molecule has 0 unspecified atom stereocenters. The summed E-state index contributed by atoms with van der Waals surface area (Å²) in [5.41, 5.74) is 0. The Kier molecular flexibility index (Phi) is 5.72. The van der Waals surface area contributed by atoms with Gasteiger partial charge in [-0.3, -0.25) is 9.78 Å². The lowest BCUT2D eigenvalue weighted by molar-refractivity contribution is -0.134. The van der Waals surface area contributed by atoms with Crippen molar-refractivity contribution in [2.75, 3.05) is 32.8 Å². The van der Waals surface area contributed by atoms with E-state index in [9.17, 15) is 13.2 Å². The first kappa shape index (κ1) is 18.3. The molecule has 0 bridgehead atoms. The fourth-order valence-electron chi connectivity index (χ4n) is 2.41. The maximum absolute atomic E-state index is 12.6. The van der Waals surface area contributed by atoms with Crippen molar-refractivity contribution < 1.29 is 17.9 Å². The summed E-state index contributed by atoms with van der Waals surface area (Å²) in [5, 5.41) is 0. The summed E-state index contributed by atoms with van der Waals surface area (Å²) in [6, 6.07) is 6.76. The van der Waals surface area contributed by atoms with Crippen molar-refractivity contribution in [1.29, 1.82) is 0 Å². The lowest BCUT2D eigenvalue weighted by Crippen LogP contribution is -2.51. The fourth-order valence-corrected chi connectivity index (χ4v) is 6.00. The Balaban J connectivity index is 1.54. The topological polar surface area (TPSA) is 79.8 Å². The number of ether oxygens (including phenoxy) is 1. The van der Waals surface area contributed by atoms with E-state index in [4.69, 9.17) is 4.74 Å². The minimum Gasteiger partial charge on any atom is -0.482 e. The number of hydrogen-bond donors (Lipinski definition) is 0. The Morgan fingerprint density at radius 2 is 2.00 bits per heavy atom. The first-order chi connectivity index (χ1) is 12.0. The maximum Gasteiger partial charge on any atom is 0.260 e. The predicted molar refractivity (Wildman–Crippen MR) is 97.1 cm³/mol. The molecule has 1 aliphatic heterocycles. The highest BCUT2D eigenvalue weighted by molar-refractivity contribution is 9.11. The molecule has 1 amide bonds. The summed E-state index contributed by atoms with van der Waals surface area (Å²) >= 11 is 4.46. The van der Waals surface area contributed by atoms with Crippen LogP contribution in [0, 0.1) is 0 Å². The molecule has 1 saturated heterocycles. The molecular formula is C15H16BrN3O4S2. The van der Waals surface area contributed by atoms with Gasteiger partial charge in [-0.05, 0) is 40.2 Å². The molecule has 3 rings (SSSR count). The number of thiophene rings is 1. The van der Waals surface area contributed by atoms with Gasteiger partial charge in [-0.1, -0.05) is 0 Å². The molecule has 0 radical (unpaired) electrons. The summed E-state index contributed by atoms with van der Waals surface area (Å²) in [4.78, 5) is 17.7. The molecule has 2 aromatic rings. The molecule has 10 heteroatoms. The van der Waals surface area contributed by atoms with E-state index in [0.29, 0.717) is 23.0 Å². The van der Waals surface area contributed by atoms with E-state index in [-0.39, 0.29) is 25.6 Å². The quantitative estimate of drug-likeness (QED) is 0.700. The molecule has 0 atom stereocenters. The summed E-state index contributed by atoms with van der Waals surface area (Å²) in [7, 11) is -3.50. The van der Waals surface area contributed by atoms with Gasteiger partial charge in [0.05, 0.1) is 9.98 Å². The van der Waals surface area contributed by atoms with Crippen LogP contribution in [-0.2, 0) is 14.8 Å². The molecule has 25 heavy (non-hydrogen) atoms. The highest BCUT2D eigenvalue weighted by Crippen LogP contribution is 2.28. The molecule has 1 fully saturated rings. The van der Waals surface area contributed by atoms with Gasteiger partial charge >= 0.3 is 0 Å². The molecule has 134 valence electrons. The minimum atomic E-state index is -3.50. The van der Waals surface area contributed by atoms with Crippen LogP contribution in [0.3, 0.4) is 0 Å². The van der Waals surface area contributed by atoms with E-state index < -0.39 is 10.0 Å². The summed E-state index contributed by atoms with van der Waals surface area (Å²) in [6.45, 7) is 1.16. The second kappa shape index (κ2) is 7.81. The third-order valence-electron chi connectivity index (χ3n) is 3.73. The van der Waals surface area contributed by atoms with Gasteiger partial charge < -0.3 is 9.64 Å². The van der Waals surface area contributed by atoms with E-state index in [0.717, 1.165) is 3.79 Å². The van der Waals surface area contributed by atoms with Crippen molar-refractivity contribution in [3.05, 3.63) is 40.4 Å². The normalized spacial score (nSPS) is 16.0. The number of pyridine rings is 1. The zero-order chi connectivity index (χ0) is 17.9. The van der Waals surface area contributed by atoms with Crippen molar-refractivity contribution in [3.8, 4) is 5.75 Å². The van der Waals surface area contributed by atoms with Crippen LogP contribution in [-0.4, -0.2) is 61.3 Å². The van der Waals surface area contributed by atoms with Crippen LogP contribution in [0.4, 0.5) is 0 Å². The summed E-state index contributed by atoms with van der Waals surface area (Å²) in [6.07, 6.45) is 3.16. The van der Waals surface area contributed by atoms with Gasteiger partial charge in [0.1, 0.15) is 9.96 Å². The minimum absolute atomic E-state index is 0.0870. The number of nitrogens with zero attached hydrogens (tertiary/aromatic N) is 3. The van der Waals surface area contributed by atoms with E-state index >= 15 is 0 Å². The Hall–Kier alpha value is -1.49. The van der Waals surface area contributed by atoms with Gasteiger partial charge in [0.15, 0.2) is 6.61 Å². The summed E-state index contributed by atoms with van der Waals surface area (Å²) in [5.74, 6) is 0.361. The lowest BCUT2D eigenvalue weighted by Gasteiger charge is -2.33. The van der Waals surface area contributed by atoms with Crippen molar-refractivity contribution in [2.24, 2.45) is 0 Å². The van der Waals surface area contributed by atoms with E-state index in [1.54, 1.807) is 35.4 Å². The van der Waals surface area contributed by atoms with Gasteiger partial charge in [-0.25, -0.2) is 8.42 Å². The molecular weight excluding hydrogens is 430 g/mol. The standard InChI is InChI=1S/C15H16BrN3O4S2/c16-13-3-4-15(24-13)25(21,22)19-8-6-18(7-9-19)14(20)11-23-12-2-1-5-17-10-12/h1-5,10H,6-9,11H2. The SMILES string of the molecule is O=C(COc1cccnc1)N1CCN(S(=O)(=O)c2ccc(Br)s2)CC1. The highest BCUT2D eigenvalue weighted by atomic mass is 79.9. The fraction of sp³-hybridized carbons (Fsp3) is 0.333. The second-order valence-electron chi connectivity index (χ2n) is 5.32. The van der Waals surface area contributed by atoms with Crippen LogP contribution >= 0.6 is 27.3 Å². The van der Waals surface area contributed by atoms with E-state index in [1.165, 1.54) is 21.8 Å². The average Bonchev–Trinajstić information content (AvgIpc) is 3.08. The molecule has 0 N–H and O–H groups in total. The number of rotatable bonds is 5. The van der Waals surface area contributed by atoms with Crippen LogP contribution < -0.4 is 4.74 Å². The van der Waals surface area contributed by atoms with Gasteiger partial charge in [-0.15, -0.1) is 11.3 Å². The first-order valence-corrected chi connectivity index (χ1v) is 10.6. The zero-order valence-electron chi connectivity index (χ0n) is 13.2. The van der Waals surface area contributed by atoms with Crippen molar-refractivity contribution in [1.82, 2.24) is 14.2 Å². The van der Waals surface area contributed by atoms with E-state index in [2.05, 4.69) is 20.9 Å². The van der Waals surface area contributed by atoms with Gasteiger partial charge in [0.25, 0.3) is 15.9 Å². The molecule has 0 spiro atoms. The number of carbonyl (C=O) groups is 1. The Bertz CT molecular complexity index is 833. The monoisotopic (exact) mass is 445 g/mol. The molecule has 3 heterocycles. The number of carbonyl (C=O) groups excluding carboxylic acids is 1. The van der Waals surface area contributed by atoms with Crippen molar-refractivity contribution in [3.63, 3.8) is 0 Å². The third kappa shape index (κ3) is 4.38. The van der Waals surface area contributed by atoms with Gasteiger partial charge in [0, 0.05) is 32.4 Å². The second-order valence-corrected chi connectivity index (χ2v) is 9.95.